The second-order valence-electron chi connectivity index (χ2n) is 11.3. The molecule has 0 radical (unpaired) electrons. The van der Waals surface area contributed by atoms with E-state index in [0.717, 1.165) is 22.7 Å². The highest BCUT2D eigenvalue weighted by Crippen LogP contribution is 2.48. The molecule has 0 spiro atoms. The van der Waals surface area contributed by atoms with Crippen molar-refractivity contribution in [3.8, 4) is 0 Å². The molecule has 1 N–H and O–H groups in total. The summed E-state index contributed by atoms with van der Waals surface area (Å²) >= 11 is 1.89. The summed E-state index contributed by atoms with van der Waals surface area (Å²) in [5, 5.41) is 11.4. The second-order valence-corrected chi connectivity index (χ2v) is 12.3. The zero-order chi connectivity index (χ0) is 28.9. The first-order valence-corrected chi connectivity index (χ1v) is 15.5. The quantitative estimate of drug-likeness (QED) is 0.221. The van der Waals surface area contributed by atoms with E-state index in [4.69, 9.17) is 0 Å². The Morgan fingerprint density at radius 3 is 1.81 bits per heavy atom. The fourth-order valence-electron chi connectivity index (χ4n) is 6.22. The number of thiophene rings is 1. The second kappa shape index (κ2) is 10.3. The van der Waals surface area contributed by atoms with Gasteiger partial charge in [-0.2, -0.15) is 0 Å². The molecule has 1 heterocycles. The van der Waals surface area contributed by atoms with Crippen LogP contribution in [0.2, 0.25) is 0 Å². The van der Waals surface area contributed by atoms with Crippen molar-refractivity contribution in [2.24, 2.45) is 0 Å². The molecular formula is C40H30N2S. The molecule has 0 aliphatic rings. The van der Waals surface area contributed by atoms with Gasteiger partial charge in [-0.25, -0.2) is 0 Å². The number of hydrogen-bond acceptors (Lipinski definition) is 3. The SMILES string of the molecule is Cc1ccc(Nc2cc3c(sc4cc(N(c5ccccc5)c5ccc(C)cc5)c5ccccc5c43)c3ccccc23)cc1. The van der Waals surface area contributed by atoms with E-state index < -0.39 is 0 Å². The molecule has 43 heavy (non-hydrogen) atoms. The number of para-hydroxylation sites is 1. The fourth-order valence-corrected chi connectivity index (χ4v) is 7.49. The summed E-state index contributed by atoms with van der Waals surface area (Å²) in [6, 6.07) is 50.6. The Morgan fingerprint density at radius 2 is 1.09 bits per heavy atom. The third-order valence-electron chi connectivity index (χ3n) is 8.34. The zero-order valence-corrected chi connectivity index (χ0v) is 25.0. The monoisotopic (exact) mass is 570 g/mol. The van der Waals surface area contributed by atoms with E-state index in [1.807, 2.05) is 11.3 Å². The van der Waals surface area contributed by atoms with Crippen molar-refractivity contribution < 1.29 is 0 Å². The molecule has 0 atom stereocenters. The van der Waals surface area contributed by atoms with E-state index in [-0.39, 0.29) is 0 Å². The lowest BCUT2D eigenvalue weighted by Crippen LogP contribution is -2.10. The van der Waals surface area contributed by atoms with Crippen LogP contribution >= 0.6 is 11.3 Å². The molecule has 0 saturated carbocycles. The Kier molecular flexibility index (Phi) is 6.13. The summed E-state index contributed by atoms with van der Waals surface area (Å²) in [4.78, 5) is 2.40. The highest BCUT2D eigenvalue weighted by atomic mass is 32.1. The van der Waals surface area contributed by atoms with Gasteiger partial charge in [-0.1, -0.05) is 102 Å². The number of hydrogen-bond donors (Lipinski definition) is 1. The van der Waals surface area contributed by atoms with Crippen LogP contribution in [0, 0.1) is 13.8 Å². The minimum atomic E-state index is 1.10. The van der Waals surface area contributed by atoms with Gasteiger partial charge in [0.25, 0.3) is 0 Å². The standard InChI is InChI=1S/C40H30N2S/c1-26-16-20-28(21-17-26)41-36-24-35-39-33-14-8-7-13-32(33)37(25-38(39)43-40(35)34-15-9-6-12-31(34)36)42(29-10-4-3-5-11-29)30-22-18-27(2)19-23-30/h3-25,41H,1-2H3. The van der Waals surface area contributed by atoms with Crippen molar-refractivity contribution in [1.82, 2.24) is 0 Å². The molecule has 8 aromatic rings. The lowest BCUT2D eigenvalue weighted by Gasteiger charge is -2.27. The number of benzene rings is 7. The van der Waals surface area contributed by atoms with Crippen LogP contribution in [0.3, 0.4) is 0 Å². The van der Waals surface area contributed by atoms with Gasteiger partial charge in [0.1, 0.15) is 0 Å². The van der Waals surface area contributed by atoms with Gasteiger partial charge in [-0.3, -0.25) is 0 Å². The zero-order valence-electron chi connectivity index (χ0n) is 24.1. The smallest absolute Gasteiger partial charge is 0.0554 e. The first-order chi connectivity index (χ1) is 21.1. The molecule has 0 unspecified atom stereocenters. The van der Waals surface area contributed by atoms with Crippen LogP contribution in [0.15, 0.2) is 140 Å². The van der Waals surface area contributed by atoms with Gasteiger partial charge in [-0.15, -0.1) is 11.3 Å². The van der Waals surface area contributed by atoms with Crippen LogP contribution in [0.5, 0.6) is 0 Å². The number of fused-ring (bicyclic) bond motifs is 7. The molecule has 0 saturated heterocycles. The van der Waals surface area contributed by atoms with E-state index in [1.54, 1.807) is 0 Å². The normalized spacial score (nSPS) is 11.5. The molecule has 0 amide bonds. The molecule has 7 aromatic carbocycles. The molecule has 3 heteroatoms. The van der Waals surface area contributed by atoms with Crippen LogP contribution in [-0.2, 0) is 0 Å². The highest BCUT2D eigenvalue weighted by molar-refractivity contribution is 7.27. The van der Waals surface area contributed by atoms with Gasteiger partial charge in [0.2, 0.25) is 0 Å². The minimum absolute atomic E-state index is 1.10. The number of aryl methyl sites for hydroxylation is 2. The Labute approximate surface area is 255 Å². The highest BCUT2D eigenvalue weighted by Gasteiger charge is 2.20. The summed E-state index contributed by atoms with van der Waals surface area (Å²) in [6.45, 7) is 4.27. The first kappa shape index (κ1) is 25.6. The van der Waals surface area contributed by atoms with Gasteiger partial charge in [0, 0.05) is 59.1 Å². The van der Waals surface area contributed by atoms with E-state index >= 15 is 0 Å². The predicted molar refractivity (Wildman–Crippen MR) is 188 cm³/mol. The van der Waals surface area contributed by atoms with E-state index in [9.17, 15) is 0 Å². The molecule has 0 fully saturated rings. The van der Waals surface area contributed by atoms with Crippen molar-refractivity contribution in [3.05, 3.63) is 151 Å². The molecule has 1 aromatic heterocycles. The summed E-state index contributed by atoms with van der Waals surface area (Å²) < 4.78 is 2.61. The molecule has 0 bridgehead atoms. The van der Waals surface area contributed by atoms with Crippen molar-refractivity contribution in [2.75, 3.05) is 10.2 Å². The van der Waals surface area contributed by atoms with E-state index in [0.29, 0.717) is 0 Å². The van der Waals surface area contributed by atoms with Crippen LogP contribution in [-0.4, -0.2) is 0 Å². The maximum Gasteiger partial charge on any atom is 0.0554 e. The number of rotatable bonds is 5. The average Bonchev–Trinajstić information content (AvgIpc) is 3.42. The van der Waals surface area contributed by atoms with Crippen molar-refractivity contribution >= 4 is 81.5 Å². The van der Waals surface area contributed by atoms with E-state index in [1.165, 1.54) is 58.5 Å². The van der Waals surface area contributed by atoms with Crippen LogP contribution < -0.4 is 10.2 Å². The molecule has 206 valence electrons. The van der Waals surface area contributed by atoms with E-state index in [2.05, 4.69) is 164 Å². The topological polar surface area (TPSA) is 15.3 Å². The molecule has 0 aliphatic heterocycles. The lowest BCUT2D eigenvalue weighted by atomic mass is 9.98. The average molecular weight is 571 g/mol. The molecule has 2 nitrogen and oxygen atoms in total. The van der Waals surface area contributed by atoms with Gasteiger partial charge in [0.15, 0.2) is 0 Å². The van der Waals surface area contributed by atoms with Crippen LogP contribution in [0.4, 0.5) is 28.4 Å². The maximum absolute atomic E-state index is 3.74. The Balaban J connectivity index is 1.43. The third-order valence-corrected chi connectivity index (χ3v) is 9.53. The summed E-state index contributed by atoms with van der Waals surface area (Å²) in [5.41, 5.74) is 8.22. The van der Waals surface area contributed by atoms with Crippen LogP contribution in [0.25, 0.3) is 41.7 Å². The minimum Gasteiger partial charge on any atom is -0.355 e. The molecular weight excluding hydrogens is 541 g/mol. The summed E-state index contributed by atoms with van der Waals surface area (Å²) in [7, 11) is 0. The molecule has 8 rings (SSSR count). The van der Waals surface area contributed by atoms with Gasteiger partial charge in [-0.05, 0) is 67.8 Å². The molecule has 0 aliphatic carbocycles. The van der Waals surface area contributed by atoms with Gasteiger partial charge in [0.05, 0.1) is 5.69 Å². The maximum atomic E-state index is 3.74. The van der Waals surface area contributed by atoms with Gasteiger partial charge >= 0.3 is 0 Å². The largest absolute Gasteiger partial charge is 0.355 e. The Bertz CT molecular complexity index is 2260. The first-order valence-electron chi connectivity index (χ1n) is 14.7. The van der Waals surface area contributed by atoms with Gasteiger partial charge < -0.3 is 10.2 Å². The number of anilines is 5. The van der Waals surface area contributed by atoms with Crippen molar-refractivity contribution in [1.29, 1.82) is 0 Å². The summed E-state index contributed by atoms with van der Waals surface area (Å²) in [5.74, 6) is 0. The Hall–Kier alpha value is -5.12. The Morgan fingerprint density at radius 1 is 0.512 bits per heavy atom. The number of nitrogens with zero attached hydrogens (tertiary/aromatic N) is 1. The van der Waals surface area contributed by atoms with Crippen molar-refractivity contribution in [3.63, 3.8) is 0 Å². The lowest BCUT2D eigenvalue weighted by molar-refractivity contribution is 1.29. The fraction of sp³-hybridized carbons (Fsp3) is 0.0500. The third kappa shape index (κ3) is 4.41. The predicted octanol–water partition coefficient (Wildman–Crippen LogP) is 12.2. The van der Waals surface area contributed by atoms with Crippen LogP contribution in [0.1, 0.15) is 11.1 Å². The number of nitrogens with one attached hydrogen (secondary N) is 1. The van der Waals surface area contributed by atoms with Crippen molar-refractivity contribution in [2.45, 2.75) is 13.8 Å². The summed E-state index contributed by atoms with van der Waals surface area (Å²) in [6.07, 6.45) is 0.